The van der Waals surface area contributed by atoms with Crippen LogP contribution >= 0.6 is 0 Å². The van der Waals surface area contributed by atoms with Gasteiger partial charge in [-0.2, -0.15) is 0 Å². The number of sulfone groups is 1. The van der Waals surface area contributed by atoms with Crippen molar-refractivity contribution in [3.63, 3.8) is 0 Å². The molecule has 3 aromatic carbocycles. The molecule has 0 amide bonds. The van der Waals surface area contributed by atoms with Crippen molar-refractivity contribution in [3.8, 4) is 0 Å². The fraction of sp³-hybridized carbons (Fsp3) is 0.231. The molecule has 0 aliphatic carbocycles. The maximum atomic E-state index is 13.4. The Morgan fingerprint density at radius 2 is 1.23 bits per heavy atom. The SMILES string of the molecule is Cc1ccc(C(=O)[C@H](CC(=O)c2ccc(C)c(C)c2)S(=O)(=O)c2ccc(C)cc2)cc1. The Hall–Kier alpha value is -3.05. The first kappa shape index (κ1) is 22.6. The number of benzene rings is 3. The summed E-state index contributed by atoms with van der Waals surface area (Å²) in [7, 11) is -4.07. The zero-order valence-corrected chi connectivity index (χ0v) is 19.0. The summed E-state index contributed by atoms with van der Waals surface area (Å²) < 4.78 is 26.9. The zero-order valence-electron chi connectivity index (χ0n) is 18.2. The standard InChI is InChI=1S/C26H26O4S/c1-17-5-10-21(11-6-17)26(28)25(31(29,30)23-13-7-18(2)8-14-23)16-24(27)22-12-9-19(3)20(4)15-22/h5-15,25H,16H2,1-4H3/t25-/m0/s1. The molecule has 31 heavy (non-hydrogen) atoms. The number of hydrogen-bond acceptors (Lipinski definition) is 4. The summed E-state index contributed by atoms with van der Waals surface area (Å²) in [5.41, 5.74) is 4.53. The highest BCUT2D eigenvalue weighted by molar-refractivity contribution is 7.92. The number of ketones is 2. The van der Waals surface area contributed by atoms with Crippen molar-refractivity contribution < 1.29 is 18.0 Å². The average molecular weight is 435 g/mol. The van der Waals surface area contributed by atoms with Crippen molar-refractivity contribution in [1.82, 2.24) is 0 Å². The molecule has 4 nitrogen and oxygen atoms in total. The van der Waals surface area contributed by atoms with Gasteiger partial charge in [-0.1, -0.05) is 59.7 Å². The van der Waals surface area contributed by atoms with Gasteiger partial charge in [0.2, 0.25) is 0 Å². The molecule has 3 aromatic rings. The molecule has 0 N–H and O–H groups in total. The smallest absolute Gasteiger partial charge is 0.189 e. The van der Waals surface area contributed by atoms with Gasteiger partial charge < -0.3 is 0 Å². The normalized spacial score (nSPS) is 12.4. The molecule has 0 saturated heterocycles. The second-order valence-electron chi connectivity index (χ2n) is 8.00. The Balaban J connectivity index is 2.03. The van der Waals surface area contributed by atoms with Crippen LogP contribution in [0.1, 0.15) is 49.4 Å². The van der Waals surface area contributed by atoms with E-state index in [4.69, 9.17) is 0 Å². The fourth-order valence-electron chi connectivity index (χ4n) is 3.34. The average Bonchev–Trinajstić information content (AvgIpc) is 2.74. The van der Waals surface area contributed by atoms with Gasteiger partial charge in [-0.15, -0.1) is 0 Å². The van der Waals surface area contributed by atoms with Crippen LogP contribution in [0.2, 0.25) is 0 Å². The van der Waals surface area contributed by atoms with E-state index in [-0.39, 0.29) is 16.2 Å². The predicted octanol–water partition coefficient (Wildman–Crippen LogP) is 5.22. The first-order valence-corrected chi connectivity index (χ1v) is 11.7. The van der Waals surface area contributed by atoms with Crippen LogP contribution in [0.15, 0.2) is 71.6 Å². The Labute approximate surface area is 183 Å². The van der Waals surface area contributed by atoms with E-state index >= 15 is 0 Å². The summed E-state index contributed by atoms with van der Waals surface area (Å²) in [5, 5.41) is -1.49. The van der Waals surface area contributed by atoms with E-state index in [1.165, 1.54) is 12.1 Å². The van der Waals surface area contributed by atoms with Gasteiger partial charge in [0, 0.05) is 17.5 Å². The molecule has 0 unspecified atom stereocenters. The second-order valence-corrected chi connectivity index (χ2v) is 10.1. The number of Topliss-reactive ketones (excluding diaryl/α,β-unsaturated/α-hetero) is 2. The highest BCUT2D eigenvalue weighted by atomic mass is 32.2. The second kappa shape index (κ2) is 8.98. The summed E-state index contributed by atoms with van der Waals surface area (Å²) >= 11 is 0. The van der Waals surface area contributed by atoms with Crippen molar-refractivity contribution in [3.05, 3.63) is 100 Å². The molecule has 0 fully saturated rings. The molecule has 0 heterocycles. The minimum Gasteiger partial charge on any atom is -0.294 e. The van der Waals surface area contributed by atoms with E-state index in [1.807, 2.05) is 33.8 Å². The van der Waals surface area contributed by atoms with Crippen LogP contribution < -0.4 is 0 Å². The number of carbonyl (C=O) groups is 2. The molecule has 0 aliphatic rings. The summed E-state index contributed by atoms with van der Waals surface area (Å²) in [6.07, 6.45) is -0.411. The Morgan fingerprint density at radius 3 is 1.77 bits per heavy atom. The van der Waals surface area contributed by atoms with Crippen molar-refractivity contribution in [2.45, 2.75) is 44.3 Å². The first-order valence-electron chi connectivity index (χ1n) is 10.1. The van der Waals surface area contributed by atoms with Crippen molar-refractivity contribution in [1.29, 1.82) is 0 Å². The third-order valence-electron chi connectivity index (χ3n) is 5.55. The van der Waals surface area contributed by atoms with E-state index in [9.17, 15) is 18.0 Å². The van der Waals surface area contributed by atoms with E-state index in [0.717, 1.165) is 22.3 Å². The monoisotopic (exact) mass is 434 g/mol. The van der Waals surface area contributed by atoms with E-state index in [2.05, 4.69) is 0 Å². The highest BCUT2D eigenvalue weighted by Gasteiger charge is 2.36. The van der Waals surface area contributed by atoms with Gasteiger partial charge in [0.15, 0.2) is 21.4 Å². The lowest BCUT2D eigenvalue weighted by molar-refractivity contribution is 0.0920. The summed E-state index contributed by atoms with van der Waals surface area (Å²) in [6, 6.07) is 18.3. The fourth-order valence-corrected chi connectivity index (χ4v) is 4.97. The lowest BCUT2D eigenvalue weighted by atomic mass is 9.98. The third kappa shape index (κ3) is 5.00. The largest absolute Gasteiger partial charge is 0.294 e. The maximum Gasteiger partial charge on any atom is 0.189 e. The van der Waals surface area contributed by atoms with Gasteiger partial charge in [-0.25, -0.2) is 8.42 Å². The molecule has 0 spiro atoms. The van der Waals surface area contributed by atoms with E-state index in [0.29, 0.717) is 5.56 Å². The van der Waals surface area contributed by atoms with Gasteiger partial charge in [0.1, 0.15) is 5.25 Å². The van der Waals surface area contributed by atoms with Crippen molar-refractivity contribution in [2.24, 2.45) is 0 Å². The number of rotatable bonds is 7. The molecule has 5 heteroatoms. The lowest BCUT2D eigenvalue weighted by Crippen LogP contribution is -2.33. The molecule has 0 bridgehead atoms. The minimum atomic E-state index is -4.07. The van der Waals surface area contributed by atoms with Gasteiger partial charge in [0.05, 0.1) is 4.90 Å². The molecule has 0 radical (unpaired) electrons. The molecular formula is C26H26O4S. The predicted molar refractivity (Wildman–Crippen MR) is 123 cm³/mol. The van der Waals surface area contributed by atoms with Crippen LogP contribution in [0, 0.1) is 27.7 Å². The summed E-state index contributed by atoms with van der Waals surface area (Å²) in [4.78, 5) is 26.4. The van der Waals surface area contributed by atoms with Crippen LogP contribution in [0.3, 0.4) is 0 Å². The van der Waals surface area contributed by atoms with Gasteiger partial charge in [-0.05, 0) is 57.0 Å². The Morgan fingerprint density at radius 1 is 0.710 bits per heavy atom. The topological polar surface area (TPSA) is 68.3 Å². The third-order valence-corrected chi connectivity index (χ3v) is 7.61. The lowest BCUT2D eigenvalue weighted by Gasteiger charge is -2.17. The van der Waals surface area contributed by atoms with E-state index < -0.39 is 27.3 Å². The van der Waals surface area contributed by atoms with Crippen LogP contribution in [-0.4, -0.2) is 25.2 Å². The summed E-state index contributed by atoms with van der Waals surface area (Å²) in [5.74, 6) is -0.943. The van der Waals surface area contributed by atoms with Gasteiger partial charge in [0.25, 0.3) is 0 Å². The quantitative estimate of drug-likeness (QED) is 0.478. The number of aryl methyl sites for hydroxylation is 4. The minimum absolute atomic E-state index is 0.0384. The van der Waals surface area contributed by atoms with Crippen molar-refractivity contribution in [2.75, 3.05) is 0 Å². The Kier molecular flexibility index (Phi) is 6.56. The van der Waals surface area contributed by atoms with Crippen molar-refractivity contribution >= 4 is 21.4 Å². The maximum absolute atomic E-state index is 13.4. The van der Waals surface area contributed by atoms with E-state index in [1.54, 1.807) is 48.5 Å². The molecule has 0 aliphatic heterocycles. The zero-order chi connectivity index (χ0) is 22.8. The molecule has 1 atom stereocenters. The molecule has 0 aromatic heterocycles. The summed E-state index contributed by atoms with van der Waals surface area (Å²) in [6.45, 7) is 7.58. The van der Waals surface area contributed by atoms with Crippen LogP contribution in [0.25, 0.3) is 0 Å². The number of hydrogen-bond donors (Lipinski definition) is 0. The number of carbonyl (C=O) groups excluding carboxylic acids is 2. The van der Waals surface area contributed by atoms with Crippen LogP contribution in [0.4, 0.5) is 0 Å². The first-order chi connectivity index (χ1) is 14.6. The highest BCUT2D eigenvalue weighted by Crippen LogP contribution is 2.25. The molecule has 3 rings (SSSR count). The Bertz CT molecular complexity index is 1220. The van der Waals surface area contributed by atoms with Crippen LogP contribution in [0.5, 0.6) is 0 Å². The molecule has 0 saturated carbocycles. The van der Waals surface area contributed by atoms with Gasteiger partial charge in [-0.3, -0.25) is 9.59 Å². The van der Waals surface area contributed by atoms with Gasteiger partial charge >= 0.3 is 0 Å². The molecular weight excluding hydrogens is 408 g/mol. The molecule has 160 valence electrons. The van der Waals surface area contributed by atoms with Crippen LogP contribution in [-0.2, 0) is 9.84 Å².